The van der Waals surface area contributed by atoms with Gasteiger partial charge in [-0.05, 0) is 78.8 Å². The Hall–Kier alpha value is -5.97. The predicted molar refractivity (Wildman–Crippen MR) is 189 cm³/mol. The lowest BCUT2D eigenvalue weighted by Gasteiger charge is -2.28. The van der Waals surface area contributed by atoms with Crippen molar-refractivity contribution < 1.29 is 42.2 Å². The summed E-state index contributed by atoms with van der Waals surface area (Å²) in [5.74, 6) is -3.96. The first-order chi connectivity index (χ1) is 25.8. The Kier molecular flexibility index (Phi) is 11.2. The van der Waals surface area contributed by atoms with Crippen LogP contribution in [0.1, 0.15) is 46.3 Å². The van der Waals surface area contributed by atoms with Crippen LogP contribution in [0.25, 0.3) is 0 Å². The van der Waals surface area contributed by atoms with E-state index in [1.165, 1.54) is 29.2 Å². The van der Waals surface area contributed by atoms with Crippen LogP contribution < -0.4 is 26.0 Å². The molecule has 2 aliphatic rings. The summed E-state index contributed by atoms with van der Waals surface area (Å²) in [6.07, 6.45) is -2.83. The van der Waals surface area contributed by atoms with Crippen molar-refractivity contribution in [3.05, 3.63) is 100 Å². The van der Waals surface area contributed by atoms with E-state index in [1.54, 1.807) is 12.1 Å². The van der Waals surface area contributed by atoms with Crippen LogP contribution in [0.2, 0.25) is 5.02 Å². The van der Waals surface area contributed by atoms with Crippen LogP contribution >= 0.6 is 11.6 Å². The number of hydrogen-bond acceptors (Lipinski definition) is 10. The van der Waals surface area contributed by atoms with Crippen molar-refractivity contribution in [2.24, 2.45) is 0 Å². The lowest BCUT2D eigenvalue weighted by molar-refractivity contribution is -0.154. The van der Waals surface area contributed by atoms with Crippen molar-refractivity contribution in [2.75, 3.05) is 30.3 Å². The van der Waals surface area contributed by atoms with E-state index in [1.807, 2.05) is 36.4 Å². The smallest absolute Gasteiger partial charge is 0.422 e. The maximum absolute atomic E-state index is 12.9. The van der Waals surface area contributed by atoms with Crippen molar-refractivity contribution in [3.63, 3.8) is 0 Å². The van der Waals surface area contributed by atoms with E-state index in [0.29, 0.717) is 36.5 Å². The van der Waals surface area contributed by atoms with Gasteiger partial charge in [0.05, 0.1) is 5.54 Å². The van der Waals surface area contributed by atoms with Crippen molar-refractivity contribution in [1.82, 2.24) is 30.5 Å². The minimum absolute atomic E-state index is 0.0226. The number of benzene rings is 3. The highest BCUT2D eigenvalue weighted by Gasteiger charge is 2.45. The minimum Gasteiger partial charge on any atom is -0.480 e. The first-order valence-electron chi connectivity index (χ1n) is 16.8. The molecule has 0 spiro atoms. The Balaban J connectivity index is 1.04. The molecule has 1 aromatic heterocycles. The summed E-state index contributed by atoms with van der Waals surface area (Å²) in [4.78, 5) is 63.8. The highest BCUT2D eigenvalue weighted by molar-refractivity contribution is 6.35. The second-order valence-corrected chi connectivity index (χ2v) is 13.2. The van der Waals surface area contributed by atoms with E-state index < -0.39 is 54.1 Å². The Morgan fingerprint density at radius 3 is 2.28 bits per heavy atom. The zero-order valence-electron chi connectivity index (χ0n) is 28.5. The molecule has 1 atom stereocenters. The summed E-state index contributed by atoms with van der Waals surface area (Å²) in [5, 5.41) is 21.1. The van der Waals surface area contributed by atoms with Gasteiger partial charge >= 0.3 is 30.0 Å². The van der Waals surface area contributed by atoms with Gasteiger partial charge in [-0.2, -0.15) is 28.1 Å². The van der Waals surface area contributed by atoms with Gasteiger partial charge in [-0.1, -0.05) is 48.0 Å². The number of alkyl halides is 3. The number of nitrogens with zero attached hydrogens (tertiary/aromatic N) is 4. The van der Waals surface area contributed by atoms with Crippen LogP contribution in [0.15, 0.2) is 72.8 Å². The first-order valence-corrected chi connectivity index (χ1v) is 17.2. The number of rotatable bonds is 13. The van der Waals surface area contributed by atoms with Crippen molar-refractivity contribution in [2.45, 2.75) is 50.0 Å². The van der Waals surface area contributed by atoms with Crippen LogP contribution in [0, 0.1) is 0 Å². The zero-order chi connectivity index (χ0) is 38.5. The molecule has 18 heteroatoms. The summed E-state index contributed by atoms with van der Waals surface area (Å²) in [6, 6.07) is 18.6. The van der Waals surface area contributed by atoms with Crippen molar-refractivity contribution in [3.8, 4) is 6.01 Å². The Morgan fingerprint density at radius 1 is 0.926 bits per heavy atom. The van der Waals surface area contributed by atoms with Gasteiger partial charge in [0, 0.05) is 35.9 Å². The Bertz CT molecular complexity index is 2030. The van der Waals surface area contributed by atoms with E-state index >= 15 is 0 Å². The molecule has 1 aliphatic carbocycles. The highest BCUT2D eigenvalue weighted by Crippen LogP contribution is 2.48. The molecule has 0 unspecified atom stereocenters. The normalized spacial score (nSPS) is 14.9. The predicted octanol–water partition coefficient (Wildman–Crippen LogP) is 4.59. The molecule has 54 heavy (non-hydrogen) atoms. The van der Waals surface area contributed by atoms with Crippen molar-refractivity contribution in [1.29, 1.82) is 0 Å². The average molecular weight is 767 g/mol. The Labute approximate surface area is 311 Å². The van der Waals surface area contributed by atoms with Crippen molar-refractivity contribution >= 4 is 52.9 Å². The third-order valence-corrected chi connectivity index (χ3v) is 9.07. The summed E-state index contributed by atoms with van der Waals surface area (Å²) in [7, 11) is 0. The molecule has 3 amide bonds. The summed E-state index contributed by atoms with van der Waals surface area (Å²) in [5.41, 5.74) is 2.92. The monoisotopic (exact) mass is 766 g/mol. The minimum atomic E-state index is -4.63. The lowest BCUT2D eigenvalue weighted by Crippen LogP contribution is -2.50. The summed E-state index contributed by atoms with van der Waals surface area (Å²) < 4.78 is 43.6. The molecule has 4 aromatic rings. The number of ether oxygens (including phenoxy) is 1. The first kappa shape index (κ1) is 37.8. The number of aliphatic carboxylic acids is 1. The molecule has 14 nitrogen and oxygen atoms in total. The van der Waals surface area contributed by atoms with Gasteiger partial charge in [0.15, 0.2) is 6.61 Å². The maximum atomic E-state index is 12.9. The summed E-state index contributed by atoms with van der Waals surface area (Å²) >= 11 is 6.02. The molecule has 3 aromatic carbocycles. The van der Waals surface area contributed by atoms with Crippen LogP contribution in [0.3, 0.4) is 0 Å². The molecule has 1 aliphatic heterocycles. The fourth-order valence-electron chi connectivity index (χ4n) is 5.83. The van der Waals surface area contributed by atoms with E-state index in [9.17, 15) is 37.5 Å². The molecular weight excluding hydrogens is 733 g/mol. The van der Waals surface area contributed by atoms with Crippen LogP contribution in [0.4, 0.5) is 30.8 Å². The number of carboxylic acid groups (broad SMARTS) is 1. The zero-order valence-corrected chi connectivity index (χ0v) is 29.2. The topological polar surface area (TPSA) is 188 Å². The van der Waals surface area contributed by atoms with Gasteiger partial charge in [-0.3, -0.25) is 14.4 Å². The van der Waals surface area contributed by atoms with Gasteiger partial charge in [-0.25, -0.2) is 4.79 Å². The number of amides is 3. The number of carboxylic acids is 1. The average Bonchev–Trinajstić information content (AvgIpc) is 3.93. The second kappa shape index (κ2) is 16.0. The molecule has 1 fully saturated rings. The molecule has 0 radical (unpaired) electrons. The molecule has 282 valence electrons. The third kappa shape index (κ3) is 9.71. The molecule has 5 N–H and O–H groups in total. The van der Waals surface area contributed by atoms with E-state index in [2.05, 4.69) is 36.2 Å². The van der Waals surface area contributed by atoms with Gasteiger partial charge in [-0.15, -0.1) is 0 Å². The number of halogens is 4. The van der Waals surface area contributed by atoms with Gasteiger partial charge in [0.25, 0.3) is 5.91 Å². The quantitative estimate of drug-likeness (QED) is 0.120. The standard InChI is InChI=1S/C36H34ClF3N8O6/c37-25-9-7-24(8-10-25)35(15-16-35)47-33-44-32(45-34(46-33)54-20-36(38,39)40)42-26-11-5-22(6-12-26)28(49)41-17-13-27(31(52)53)43-29(50)30(51)48-18-14-21-3-1-2-4-23(21)19-48/h1-12,27H,13-20H2,(H,41,49)(H,43,50)(H,52,53)(H2,42,44,45,46,47)/t27-/m1/s1. The fourth-order valence-corrected chi connectivity index (χ4v) is 5.96. The molecule has 2 heterocycles. The Morgan fingerprint density at radius 2 is 1.61 bits per heavy atom. The highest BCUT2D eigenvalue weighted by atomic mass is 35.5. The van der Waals surface area contributed by atoms with Crippen LogP contribution in [0.5, 0.6) is 6.01 Å². The number of carbonyl (C=O) groups is 4. The van der Waals surface area contributed by atoms with Gasteiger partial charge in [0.2, 0.25) is 11.9 Å². The van der Waals surface area contributed by atoms with E-state index in [0.717, 1.165) is 16.7 Å². The largest absolute Gasteiger partial charge is 0.480 e. The van der Waals surface area contributed by atoms with Crippen LogP contribution in [-0.2, 0) is 32.9 Å². The summed E-state index contributed by atoms with van der Waals surface area (Å²) in [6.45, 7) is -1.20. The number of nitrogens with one attached hydrogen (secondary N) is 4. The van der Waals surface area contributed by atoms with Crippen LogP contribution in [-0.4, -0.2) is 80.6 Å². The SMILES string of the molecule is O=C(N[C@H](CCNC(=O)c1ccc(Nc2nc(NC3(c4ccc(Cl)cc4)CC3)nc(OCC(F)(F)F)n2)cc1)C(=O)O)C(=O)N1CCc2ccccc2C1. The second-order valence-electron chi connectivity index (χ2n) is 12.7. The number of carbonyl (C=O) groups excluding carboxylic acids is 3. The molecular formula is C36H34ClF3N8O6. The number of fused-ring (bicyclic) bond motifs is 1. The third-order valence-electron chi connectivity index (χ3n) is 8.82. The van der Waals surface area contributed by atoms with E-state index in [4.69, 9.17) is 16.3 Å². The molecule has 0 saturated heterocycles. The van der Waals surface area contributed by atoms with Gasteiger partial charge < -0.3 is 36.0 Å². The van der Waals surface area contributed by atoms with Gasteiger partial charge in [0.1, 0.15) is 6.04 Å². The molecule has 1 saturated carbocycles. The number of anilines is 3. The fraction of sp³-hybridized carbons (Fsp3) is 0.306. The molecule has 0 bridgehead atoms. The molecule has 6 rings (SSSR count). The number of hydrogen-bond donors (Lipinski definition) is 5. The van der Waals surface area contributed by atoms with E-state index in [-0.39, 0.29) is 37.0 Å². The lowest BCUT2D eigenvalue weighted by atomic mass is 10.00. The maximum Gasteiger partial charge on any atom is 0.422 e. The number of aromatic nitrogens is 3.